The third-order valence-corrected chi connectivity index (χ3v) is 2.44. The van der Waals surface area contributed by atoms with Crippen LogP contribution in [-0.2, 0) is 6.42 Å². The molecule has 0 aliphatic carbocycles. The Balaban J connectivity index is 2.59. The van der Waals surface area contributed by atoms with E-state index in [-0.39, 0.29) is 0 Å². The van der Waals surface area contributed by atoms with Gasteiger partial charge in [-0.3, -0.25) is 0 Å². The molecule has 2 amide bonds. The fourth-order valence-electron chi connectivity index (χ4n) is 1.49. The zero-order chi connectivity index (χ0) is 13.8. The van der Waals surface area contributed by atoms with Crippen molar-refractivity contribution in [2.75, 3.05) is 11.9 Å². The molecular weight excluding hydrogens is 245 g/mol. The standard InChI is InChI=1S/C12H15F3N2O/c1-3-9-6-10(5-4-8(9)2)17-11(18)16-7-12(13,14)15/h4-6H,3,7H2,1-2H3,(H2,16,17,18). The Bertz CT molecular complexity index is 430. The molecule has 0 aromatic heterocycles. The van der Waals surface area contributed by atoms with E-state index in [2.05, 4.69) is 5.32 Å². The van der Waals surface area contributed by atoms with Crippen LogP contribution in [0.5, 0.6) is 0 Å². The normalized spacial score (nSPS) is 11.2. The van der Waals surface area contributed by atoms with Crippen LogP contribution >= 0.6 is 0 Å². The number of urea groups is 1. The summed E-state index contributed by atoms with van der Waals surface area (Å²) in [5, 5.41) is 4.11. The number of nitrogens with one attached hydrogen (secondary N) is 2. The van der Waals surface area contributed by atoms with Gasteiger partial charge in [0.15, 0.2) is 0 Å². The maximum atomic E-state index is 11.9. The van der Waals surface area contributed by atoms with Gasteiger partial charge >= 0.3 is 12.2 Å². The number of anilines is 1. The van der Waals surface area contributed by atoms with Crippen LogP contribution in [0.3, 0.4) is 0 Å². The van der Waals surface area contributed by atoms with Crippen molar-refractivity contribution in [3.63, 3.8) is 0 Å². The lowest BCUT2D eigenvalue weighted by atomic mass is 10.1. The molecule has 0 atom stereocenters. The predicted molar refractivity (Wildman–Crippen MR) is 63.6 cm³/mol. The van der Waals surface area contributed by atoms with Crippen LogP contribution < -0.4 is 10.6 Å². The minimum Gasteiger partial charge on any atom is -0.329 e. The third-order valence-electron chi connectivity index (χ3n) is 2.44. The summed E-state index contributed by atoms with van der Waals surface area (Å²) < 4.78 is 35.7. The minimum absolute atomic E-state index is 0.483. The van der Waals surface area contributed by atoms with Gasteiger partial charge in [-0.1, -0.05) is 13.0 Å². The largest absolute Gasteiger partial charge is 0.405 e. The first-order valence-corrected chi connectivity index (χ1v) is 5.53. The summed E-state index contributed by atoms with van der Waals surface area (Å²) in [5.41, 5.74) is 2.61. The van der Waals surface area contributed by atoms with Gasteiger partial charge in [-0.25, -0.2) is 4.79 Å². The molecule has 18 heavy (non-hydrogen) atoms. The number of aryl methyl sites for hydroxylation is 2. The van der Waals surface area contributed by atoms with Crippen molar-refractivity contribution in [3.8, 4) is 0 Å². The van der Waals surface area contributed by atoms with Crippen molar-refractivity contribution in [1.82, 2.24) is 5.32 Å². The molecule has 2 N–H and O–H groups in total. The molecule has 1 aromatic rings. The van der Waals surface area contributed by atoms with Gasteiger partial charge < -0.3 is 10.6 Å². The number of carbonyl (C=O) groups is 1. The number of rotatable bonds is 3. The van der Waals surface area contributed by atoms with Crippen LogP contribution in [0.2, 0.25) is 0 Å². The first-order chi connectivity index (χ1) is 8.31. The lowest BCUT2D eigenvalue weighted by Crippen LogP contribution is -2.36. The minimum atomic E-state index is -4.40. The van der Waals surface area contributed by atoms with Gasteiger partial charge in [-0.15, -0.1) is 0 Å². The summed E-state index contributed by atoms with van der Waals surface area (Å²) in [6.45, 7) is 2.56. The van der Waals surface area contributed by atoms with E-state index in [9.17, 15) is 18.0 Å². The van der Waals surface area contributed by atoms with E-state index in [1.807, 2.05) is 19.9 Å². The molecule has 0 aliphatic rings. The van der Waals surface area contributed by atoms with E-state index in [1.165, 1.54) is 0 Å². The average molecular weight is 260 g/mol. The topological polar surface area (TPSA) is 41.1 Å². The molecule has 0 unspecified atom stereocenters. The monoisotopic (exact) mass is 260 g/mol. The average Bonchev–Trinajstić information content (AvgIpc) is 2.28. The molecule has 6 heteroatoms. The molecule has 1 aromatic carbocycles. The van der Waals surface area contributed by atoms with E-state index < -0.39 is 18.8 Å². The van der Waals surface area contributed by atoms with Crippen LogP contribution in [0.15, 0.2) is 18.2 Å². The van der Waals surface area contributed by atoms with Crippen LogP contribution in [0, 0.1) is 6.92 Å². The van der Waals surface area contributed by atoms with Crippen molar-refractivity contribution in [1.29, 1.82) is 0 Å². The van der Waals surface area contributed by atoms with E-state index in [4.69, 9.17) is 0 Å². The van der Waals surface area contributed by atoms with E-state index in [1.54, 1.807) is 17.4 Å². The molecule has 0 bridgehead atoms. The van der Waals surface area contributed by atoms with Gasteiger partial charge in [0.05, 0.1) is 0 Å². The van der Waals surface area contributed by atoms with Gasteiger partial charge in [0, 0.05) is 5.69 Å². The lowest BCUT2D eigenvalue weighted by molar-refractivity contribution is -0.122. The number of amides is 2. The van der Waals surface area contributed by atoms with E-state index in [0.717, 1.165) is 17.5 Å². The second-order valence-electron chi connectivity index (χ2n) is 3.92. The van der Waals surface area contributed by atoms with Crippen LogP contribution in [-0.4, -0.2) is 18.8 Å². The maximum Gasteiger partial charge on any atom is 0.405 e. The van der Waals surface area contributed by atoms with Crippen LogP contribution in [0.4, 0.5) is 23.7 Å². The number of carbonyl (C=O) groups excluding carboxylic acids is 1. The fraction of sp³-hybridized carbons (Fsp3) is 0.417. The molecule has 0 aliphatic heterocycles. The van der Waals surface area contributed by atoms with Crippen molar-refractivity contribution in [2.45, 2.75) is 26.4 Å². The SMILES string of the molecule is CCc1cc(NC(=O)NCC(F)(F)F)ccc1C. The number of hydrogen-bond acceptors (Lipinski definition) is 1. The quantitative estimate of drug-likeness (QED) is 0.860. The molecule has 0 heterocycles. The molecule has 3 nitrogen and oxygen atoms in total. The Labute approximate surface area is 103 Å². The van der Waals surface area contributed by atoms with Crippen LogP contribution in [0.1, 0.15) is 18.1 Å². The highest BCUT2D eigenvalue weighted by atomic mass is 19.4. The number of alkyl halides is 3. The Morgan fingerprint density at radius 2 is 2.00 bits per heavy atom. The van der Waals surface area contributed by atoms with Gasteiger partial charge in [-0.05, 0) is 36.6 Å². The third kappa shape index (κ3) is 4.65. The molecule has 0 radical (unpaired) electrons. The highest BCUT2D eigenvalue weighted by Crippen LogP contribution is 2.16. The summed E-state index contributed by atoms with van der Waals surface area (Å²) in [6, 6.07) is 4.36. The molecule has 0 fully saturated rings. The Kier molecular flexibility index (Phi) is 4.58. The summed E-state index contributed by atoms with van der Waals surface area (Å²) in [4.78, 5) is 11.2. The van der Waals surface area contributed by atoms with Crippen molar-refractivity contribution in [2.24, 2.45) is 0 Å². The molecular formula is C12H15F3N2O. The zero-order valence-corrected chi connectivity index (χ0v) is 10.2. The first-order valence-electron chi connectivity index (χ1n) is 5.53. The Hall–Kier alpha value is -1.72. The second-order valence-corrected chi connectivity index (χ2v) is 3.92. The predicted octanol–water partition coefficient (Wildman–Crippen LogP) is 3.24. The summed E-state index contributed by atoms with van der Waals surface area (Å²) >= 11 is 0. The summed E-state index contributed by atoms with van der Waals surface area (Å²) in [7, 11) is 0. The zero-order valence-electron chi connectivity index (χ0n) is 10.2. The fourth-order valence-corrected chi connectivity index (χ4v) is 1.49. The molecule has 100 valence electrons. The summed E-state index contributed by atoms with van der Waals surface area (Å²) in [6.07, 6.45) is -3.61. The molecule has 1 rings (SSSR count). The van der Waals surface area contributed by atoms with Crippen molar-refractivity contribution >= 4 is 11.7 Å². The van der Waals surface area contributed by atoms with Gasteiger partial charge in [0.2, 0.25) is 0 Å². The lowest BCUT2D eigenvalue weighted by Gasteiger charge is -2.11. The van der Waals surface area contributed by atoms with Gasteiger partial charge in [0.25, 0.3) is 0 Å². The maximum absolute atomic E-state index is 11.9. The van der Waals surface area contributed by atoms with E-state index >= 15 is 0 Å². The smallest absolute Gasteiger partial charge is 0.329 e. The van der Waals surface area contributed by atoms with Crippen molar-refractivity contribution in [3.05, 3.63) is 29.3 Å². The van der Waals surface area contributed by atoms with Crippen molar-refractivity contribution < 1.29 is 18.0 Å². The van der Waals surface area contributed by atoms with Crippen LogP contribution in [0.25, 0.3) is 0 Å². The number of hydrogen-bond donors (Lipinski definition) is 2. The Morgan fingerprint density at radius 1 is 1.33 bits per heavy atom. The highest BCUT2D eigenvalue weighted by Gasteiger charge is 2.27. The first kappa shape index (κ1) is 14.3. The molecule has 0 saturated carbocycles. The van der Waals surface area contributed by atoms with E-state index in [0.29, 0.717) is 5.69 Å². The molecule has 0 spiro atoms. The highest BCUT2D eigenvalue weighted by molar-refractivity contribution is 5.89. The Morgan fingerprint density at radius 3 is 2.56 bits per heavy atom. The van der Waals surface area contributed by atoms with Gasteiger partial charge in [0.1, 0.15) is 6.54 Å². The molecule has 0 saturated heterocycles. The second kappa shape index (κ2) is 5.75. The number of halogens is 3. The van der Waals surface area contributed by atoms with Gasteiger partial charge in [-0.2, -0.15) is 13.2 Å². The number of benzene rings is 1. The summed E-state index contributed by atoms with van der Waals surface area (Å²) in [5.74, 6) is 0.